The molecule has 106 valence electrons. The second kappa shape index (κ2) is 7.81. The van der Waals surface area contributed by atoms with E-state index in [-0.39, 0.29) is 18.4 Å². The van der Waals surface area contributed by atoms with Gasteiger partial charge in [0.15, 0.2) is 0 Å². The number of amides is 2. The molecule has 6 heteroatoms. The Labute approximate surface area is 115 Å². The summed E-state index contributed by atoms with van der Waals surface area (Å²) in [6.45, 7) is 5.32. The molecule has 0 aliphatic carbocycles. The molecule has 2 fully saturated rings. The summed E-state index contributed by atoms with van der Waals surface area (Å²) in [7, 11) is 0. The first-order valence-electron chi connectivity index (χ1n) is 6.63. The molecule has 5 nitrogen and oxygen atoms in total. The predicted molar refractivity (Wildman–Crippen MR) is 73.0 cm³/mol. The van der Waals surface area contributed by atoms with Gasteiger partial charge in [-0.25, -0.2) is 4.79 Å². The average Bonchev–Trinajstić information content (AvgIpc) is 2.40. The summed E-state index contributed by atoms with van der Waals surface area (Å²) < 4.78 is 5.27. The fourth-order valence-electron chi connectivity index (χ4n) is 2.66. The Morgan fingerprint density at radius 2 is 1.94 bits per heavy atom. The van der Waals surface area contributed by atoms with Crippen molar-refractivity contribution in [1.82, 2.24) is 9.80 Å². The molecular formula is C12H24ClN3O2. The molecule has 1 atom stereocenters. The Balaban J connectivity index is 0.00000162. The molecular weight excluding hydrogens is 254 g/mol. The number of morpholine rings is 1. The molecule has 2 aliphatic heterocycles. The SMILES string of the molecule is Cl.NCCC1CCCN(C(=O)N2CCOCC2)C1. The minimum absolute atomic E-state index is 0. The van der Waals surface area contributed by atoms with E-state index in [4.69, 9.17) is 10.5 Å². The fourth-order valence-corrected chi connectivity index (χ4v) is 2.66. The van der Waals surface area contributed by atoms with Crippen LogP contribution in [0.1, 0.15) is 19.3 Å². The molecule has 2 N–H and O–H groups in total. The lowest BCUT2D eigenvalue weighted by Crippen LogP contribution is -2.51. The van der Waals surface area contributed by atoms with Gasteiger partial charge in [0, 0.05) is 26.2 Å². The van der Waals surface area contributed by atoms with Gasteiger partial charge in [0.2, 0.25) is 0 Å². The largest absolute Gasteiger partial charge is 0.378 e. The van der Waals surface area contributed by atoms with Gasteiger partial charge in [0.25, 0.3) is 0 Å². The van der Waals surface area contributed by atoms with Crippen LogP contribution in [-0.4, -0.2) is 61.8 Å². The van der Waals surface area contributed by atoms with E-state index in [9.17, 15) is 4.79 Å². The smallest absolute Gasteiger partial charge is 0.320 e. The molecule has 2 heterocycles. The van der Waals surface area contributed by atoms with Crippen LogP contribution in [0.5, 0.6) is 0 Å². The highest BCUT2D eigenvalue weighted by molar-refractivity contribution is 5.85. The number of piperidine rings is 1. The third-order valence-electron chi connectivity index (χ3n) is 3.65. The molecule has 18 heavy (non-hydrogen) atoms. The van der Waals surface area contributed by atoms with Crippen molar-refractivity contribution in [2.45, 2.75) is 19.3 Å². The van der Waals surface area contributed by atoms with Crippen molar-refractivity contribution in [3.8, 4) is 0 Å². The van der Waals surface area contributed by atoms with Crippen LogP contribution in [0.15, 0.2) is 0 Å². The normalized spacial score (nSPS) is 24.6. The van der Waals surface area contributed by atoms with Crippen molar-refractivity contribution >= 4 is 18.4 Å². The monoisotopic (exact) mass is 277 g/mol. The van der Waals surface area contributed by atoms with E-state index in [1.54, 1.807) is 0 Å². The molecule has 0 aromatic carbocycles. The molecule has 0 saturated carbocycles. The summed E-state index contributed by atoms with van der Waals surface area (Å²) >= 11 is 0. The second-order valence-electron chi connectivity index (χ2n) is 4.91. The molecule has 0 aromatic heterocycles. The number of hydrogen-bond acceptors (Lipinski definition) is 3. The number of halogens is 1. The number of rotatable bonds is 2. The quantitative estimate of drug-likeness (QED) is 0.817. The molecule has 0 radical (unpaired) electrons. The fraction of sp³-hybridized carbons (Fsp3) is 0.917. The highest BCUT2D eigenvalue weighted by atomic mass is 35.5. The van der Waals surface area contributed by atoms with Crippen LogP contribution in [0.3, 0.4) is 0 Å². The Hall–Kier alpha value is -0.520. The summed E-state index contributed by atoms with van der Waals surface area (Å²) in [5.74, 6) is 0.596. The topological polar surface area (TPSA) is 58.8 Å². The number of nitrogens with two attached hydrogens (primary N) is 1. The zero-order chi connectivity index (χ0) is 12.1. The first-order chi connectivity index (χ1) is 8.31. The maximum atomic E-state index is 12.3. The zero-order valence-electron chi connectivity index (χ0n) is 10.8. The number of urea groups is 1. The molecule has 2 amide bonds. The van der Waals surface area contributed by atoms with Gasteiger partial charge in [-0.2, -0.15) is 0 Å². The van der Waals surface area contributed by atoms with Gasteiger partial charge in [0.05, 0.1) is 13.2 Å². The molecule has 1 unspecified atom stereocenters. The highest BCUT2D eigenvalue weighted by Gasteiger charge is 2.27. The Kier molecular flexibility index (Phi) is 6.75. The van der Waals surface area contributed by atoms with E-state index < -0.39 is 0 Å². The van der Waals surface area contributed by atoms with E-state index in [1.165, 1.54) is 6.42 Å². The van der Waals surface area contributed by atoms with Gasteiger partial charge < -0.3 is 20.3 Å². The Morgan fingerprint density at radius 3 is 2.61 bits per heavy atom. The van der Waals surface area contributed by atoms with Crippen molar-refractivity contribution in [3.63, 3.8) is 0 Å². The lowest BCUT2D eigenvalue weighted by atomic mass is 9.95. The Bertz CT molecular complexity index is 258. The molecule has 0 spiro atoms. The molecule has 0 bridgehead atoms. The van der Waals surface area contributed by atoms with E-state index in [1.807, 2.05) is 9.80 Å². The van der Waals surface area contributed by atoms with Gasteiger partial charge in [0.1, 0.15) is 0 Å². The number of hydrogen-bond donors (Lipinski definition) is 1. The Morgan fingerprint density at radius 1 is 1.22 bits per heavy atom. The lowest BCUT2D eigenvalue weighted by molar-refractivity contribution is 0.0390. The van der Waals surface area contributed by atoms with Crippen molar-refractivity contribution in [3.05, 3.63) is 0 Å². The number of carbonyl (C=O) groups is 1. The van der Waals surface area contributed by atoms with Crippen LogP contribution in [0, 0.1) is 5.92 Å². The van der Waals surface area contributed by atoms with Gasteiger partial charge in [-0.05, 0) is 31.7 Å². The third kappa shape index (κ3) is 4.00. The van der Waals surface area contributed by atoms with Crippen molar-refractivity contribution in [2.24, 2.45) is 11.7 Å². The number of carbonyl (C=O) groups excluding carboxylic acids is 1. The van der Waals surface area contributed by atoms with E-state index in [0.717, 1.165) is 45.6 Å². The number of likely N-dealkylation sites (tertiary alicyclic amines) is 1. The second-order valence-corrected chi connectivity index (χ2v) is 4.91. The lowest BCUT2D eigenvalue weighted by Gasteiger charge is -2.37. The van der Waals surface area contributed by atoms with Crippen LogP contribution < -0.4 is 5.73 Å². The van der Waals surface area contributed by atoms with Crippen molar-refractivity contribution in [1.29, 1.82) is 0 Å². The van der Waals surface area contributed by atoms with Crippen molar-refractivity contribution in [2.75, 3.05) is 45.9 Å². The number of nitrogens with zero attached hydrogens (tertiary/aromatic N) is 2. The summed E-state index contributed by atoms with van der Waals surface area (Å²) in [6, 6.07) is 0.190. The maximum Gasteiger partial charge on any atom is 0.320 e. The van der Waals surface area contributed by atoms with Crippen molar-refractivity contribution < 1.29 is 9.53 Å². The van der Waals surface area contributed by atoms with Crippen LogP contribution >= 0.6 is 12.4 Å². The summed E-state index contributed by atoms with van der Waals surface area (Å²) in [6.07, 6.45) is 3.36. The van der Waals surface area contributed by atoms with Gasteiger partial charge >= 0.3 is 6.03 Å². The summed E-state index contributed by atoms with van der Waals surface area (Å²) in [5, 5.41) is 0. The molecule has 2 rings (SSSR count). The van der Waals surface area contributed by atoms with E-state index in [0.29, 0.717) is 19.1 Å². The third-order valence-corrected chi connectivity index (χ3v) is 3.65. The van der Waals surface area contributed by atoms with Crippen LogP contribution in [0.25, 0.3) is 0 Å². The van der Waals surface area contributed by atoms with Crippen LogP contribution in [0.4, 0.5) is 4.79 Å². The summed E-state index contributed by atoms with van der Waals surface area (Å²) in [4.78, 5) is 16.2. The molecule has 0 aromatic rings. The highest BCUT2D eigenvalue weighted by Crippen LogP contribution is 2.20. The predicted octanol–water partition coefficient (Wildman–Crippen LogP) is 0.921. The van der Waals surface area contributed by atoms with E-state index >= 15 is 0 Å². The minimum Gasteiger partial charge on any atom is -0.378 e. The van der Waals surface area contributed by atoms with Crippen LogP contribution in [0.2, 0.25) is 0 Å². The summed E-state index contributed by atoms with van der Waals surface area (Å²) in [5.41, 5.74) is 5.59. The average molecular weight is 278 g/mol. The van der Waals surface area contributed by atoms with E-state index in [2.05, 4.69) is 0 Å². The molecule has 2 saturated heterocycles. The minimum atomic E-state index is 0. The van der Waals surface area contributed by atoms with Gasteiger partial charge in [-0.3, -0.25) is 0 Å². The first-order valence-corrected chi connectivity index (χ1v) is 6.63. The maximum absolute atomic E-state index is 12.3. The van der Waals surface area contributed by atoms with Crippen LogP contribution in [-0.2, 0) is 4.74 Å². The van der Waals surface area contributed by atoms with Gasteiger partial charge in [-0.1, -0.05) is 0 Å². The number of ether oxygens (including phenoxy) is 1. The standard InChI is InChI=1S/C12H23N3O2.ClH/c13-4-3-11-2-1-5-15(10-11)12(16)14-6-8-17-9-7-14;/h11H,1-10,13H2;1H. The first kappa shape index (κ1) is 15.5. The van der Waals surface area contributed by atoms with Gasteiger partial charge in [-0.15, -0.1) is 12.4 Å². The zero-order valence-corrected chi connectivity index (χ0v) is 11.7. The molecule has 2 aliphatic rings.